The average molecular weight is 407 g/mol. The molecule has 28 heavy (non-hydrogen) atoms. The Morgan fingerprint density at radius 1 is 1.25 bits per heavy atom. The Morgan fingerprint density at radius 3 is 2.57 bits per heavy atom. The number of esters is 1. The van der Waals surface area contributed by atoms with E-state index in [0.29, 0.717) is 11.0 Å². The number of aliphatic imine (C=N–C) groups is 1. The van der Waals surface area contributed by atoms with Crippen molar-refractivity contribution in [1.29, 1.82) is 0 Å². The molecule has 2 aliphatic heterocycles. The molecule has 3 amide bonds. The molecule has 0 bridgehead atoms. The van der Waals surface area contributed by atoms with Gasteiger partial charge in [0.2, 0.25) is 0 Å². The van der Waals surface area contributed by atoms with Gasteiger partial charge in [-0.05, 0) is 41.4 Å². The zero-order chi connectivity index (χ0) is 20.4. The number of amidine groups is 2. The summed E-state index contributed by atoms with van der Waals surface area (Å²) in [5.41, 5.74) is 0.766. The van der Waals surface area contributed by atoms with E-state index in [4.69, 9.17) is 4.74 Å². The minimum atomic E-state index is -0.789. The van der Waals surface area contributed by atoms with Crippen molar-refractivity contribution in [2.75, 3.05) is 26.5 Å². The number of amides is 3. The van der Waals surface area contributed by atoms with E-state index in [-0.39, 0.29) is 24.7 Å². The van der Waals surface area contributed by atoms with Crippen molar-refractivity contribution in [3.63, 3.8) is 0 Å². The minimum absolute atomic E-state index is 0.0221. The van der Waals surface area contributed by atoms with E-state index in [9.17, 15) is 18.8 Å². The van der Waals surface area contributed by atoms with Crippen LogP contribution in [0.5, 0.6) is 0 Å². The van der Waals surface area contributed by atoms with Crippen LogP contribution >= 0.6 is 11.8 Å². The predicted molar refractivity (Wildman–Crippen MR) is 102 cm³/mol. The first-order valence-corrected chi connectivity index (χ1v) is 9.62. The number of benzene rings is 1. The van der Waals surface area contributed by atoms with Crippen molar-refractivity contribution in [3.05, 3.63) is 35.6 Å². The third-order valence-electron chi connectivity index (χ3n) is 4.38. The first kappa shape index (κ1) is 20.0. The Hall–Kier alpha value is -2.75. The van der Waals surface area contributed by atoms with E-state index in [0.717, 1.165) is 22.2 Å². The fraction of sp³-hybridized carbons (Fsp3) is 0.389. The molecule has 10 heteroatoms. The Labute approximate surface area is 165 Å². The molecule has 0 saturated carbocycles. The van der Waals surface area contributed by atoms with Crippen molar-refractivity contribution in [1.82, 2.24) is 9.80 Å². The summed E-state index contributed by atoms with van der Waals surface area (Å²) in [5.74, 6) is -0.836. The Kier molecular flexibility index (Phi) is 5.78. The molecule has 0 aromatic heterocycles. The maximum Gasteiger partial charge on any atom is 0.358 e. The lowest BCUT2D eigenvalue weighted by Gasteiger charge is -2.30. The molecule has 8 nitrogen and oxygen atoms in total. The maximum absolute atomic E-state index is 13.2. The van der Waals surface area contributed by atoms with Crippen LogP contribution in [0.15, 0.2) is 29.3 Å². The second-order valence-electron chi connectivity index (χ2n) is 6.24. The highest BCUT2D eigenvalue weighted by Crippen LogP contribution is 2.24. The van der Waals surface area contributed by atoms with E-state index < -0.39 is 23.9 Å². The van der Waals surface area contributed by atoms with Crippen molar-refractivity contribution in [2.45, 2.75) is 19.5 Å². The second-order valence-corrected chi connectivity index (χ2v) is 7.18. The van der Waals surface area contributed by atoms with Crippen molar-refractivity contribution >= 4 is 40.7 Å². The number of urea groups is 1. The van der Waals surface area contributed by atoms with Gasteiger partial charge in [-0.1, -0.05) is 12.1 Å². The number of ether oxygens (including phenoxy) is 1. The van der Waals surface area contributed by atoms with E-state index in [1.54, 1.807) is 30.7 Å². The highest BCUT2D eigenvalue weighted by Gasteiger charge is 2.53. The van der Waals surface area contributed by atoms with Crippen LogP contribution in [0.2, 0.25) is 0 Å². The zero-order valence-electron chi connectivity index (χ0n) is 15.7. The normalized spacial score (nSPS) is 19.1. The number of hydrogen-bond acceptors (Lipinski definition) is 6. The molecule has 0 spiro atoms. The first-order valence-electron chi connectivity index (χ1n) is 8.63. The van der Waals surface area contributed by atoms with Gasteiger partial charge < -0.3 is 4.74 Å². The zero-order valence-corrected chi connectivity index (χ0v) is 16.5. The Balaban J connectivity index is 1.94. The molecule has 2 heterocycles. The summed E-state index contributed by atoms with van der Waals surface area (Å²) in [6, 6.07) is 4.65. The van der Waals surface area contributed by atoms with E-state index in [1.807, 2.05) is 0 Å². The molecule has 1 saturated heterocycles. The van der Waals surface area contributed by atoms with Gasteiger partial charge in [-0.25, -0.2) is 13.8 Å². The van der Waals surface area contributed by atoms with E-state index >= 15 is 0 Å². The van der Waals surface area contributed by atoms with Gasteiger partial charge in [0.1, 0.15) is 18.1 Å². The van der Waals surface area contributed by atoms with Crippen molar-refractivity contribution in [2.24, 2.45) is 4.99 Å². The number of nitrogens with zero attached hydrogens (tertiary/aromatic N) is 4. The lowest BCUT2D eigenvalue weighted by Crippen LogP contribution is -2.61. The monoisotopic (exact) mass is 407 g/mol. The summed E-state index contributed by atoms with van der Waals surface area (Å²) in [7, 11) is 2.96. The molecular weight excluding hydrogens is 387 g/mol. The van der Waals surface area contributed by atoms with Crippen LogP contribution in [0.3, 0.4) is 0 Å². The van der Waals surface area contributed by atoms with Crippen LogP contribution in [-0.4, -0.2) is 75.8 Å². The minimum Gasteiger partial charge on any atom is -0.465 e. The van der Waals surface area contributed by atoms with Crippen LogP contribution in [0.4, 0.5) is 9.18 Å². The van der Waals surface area contributed by atoms with E-state index in [2.05, 4.69) is 4.99 Å². The number of fused-ring (bicyclic) bond motifs is 1. The summed E-state index contributed by atoms with van der Waals surface area (Å²) in [6.07, 6.45) is 0. The SMILES string of the molecule is CCOC(=O)CSC1=[N+](Cc2ccc(F)cc2)C2C(=O)N(C)C(=O)N(C)C2=N1. The number of likely N-dealkylation sites (N-methyl/N-ethyl adjacent to an activating group) is 2. The lowest BCUT2D eigenvalue weighted by atomic mass is 10.1. The molecule has 1 atom stereocenters. The van der Waals surface area contributed by atoms with Gasteiger partial charge in [-0.2, -0.15) is 0 Å². The molecule has 1 unspecified atom stereocenters. The molecule has 0 N–H and O–H groups in total. The van der Waals surface area contributed by atoms with Gasteiger partial charge in [-0.3, -0.25) is 19.4 Å². The fourth-order valence-corrected chi connectivity index (χ4v) is 3.79. The number of carbonyl (C=O) groups is 3. The van der Waals surface area contributed by atoms with Crippen LogP contribution in [0.25, 0.3) is 0 Å². The summed E-state index contributed by atoms with van der Waals surface area (Å²) in [5, 5.41) is 0.431. The number of carbonyl (C=O) groups excluding carboxylic acids is 3. The van der Waals surface area contributed by atoms with Crippen LogP contribution < -0.4 is 0 Å². The third kappa shape index (κ3) is 3.77. The molecule has 0 aliphatic carbocycles. The molecule has 2 aliphatic rings. The Morgan fingerprint density at radius 2 is 1.93 bits per heavy atom. The molecule has 1 aromatic rings. The van der Waals surface area contributed by atoms with Gasteiger partial charge in [0.15, 0.2) is 0 Å². The predicted octanol–water partition coefficient (Wildman–Crippen LogP) is 1.30. The quantitative estimate of drug-likeness (QED) is 0.543. The van der Waals surface area contributed by atoms with Gasteiger partial charge in [-0.15, -0.1) is 0 Å². The molecule has 148 valence electrons. The molecule has 0 radical (unpaired) electrons. The second kappa shape index (κ2) is 8.09. The summed E-state index contributed by atoms with van der Waals surface area (Å²) >= 11 is 1.13. The summed E-state index contributed by atoms with van der Waals surface area (Å²) in [6.45, 7) is 2.26. The number of thioether (sulfide) groups is 1. The topological polar surface area (TPSA) is 82.3 Å². The molecule has 1 fully saturated rings. The van der Waals surface area contributed by atoms with Crippen LogP contribution in [0, 0.1) is 5.82 Å². The number of imide groups is 1. The highest BCUT2D eigenvalue weighted by molar-refractivity contribution is 8.14. The van der Waals surface area contributed by atoms with Crippen molar-refractivity contribution in [3.8, 4) is 0 Å². The van der Waals surface area contributed by atoms with Gasteiger partial charge in [0.05, 0.1) is 6.61 Å². The summed E-state index contributed by atoms with van der Waals surface area (Å²) < 4.78 is 19.9. The van der Waals surface area contributed by atoms with Crippen LogP contribution in [-0.2, 0) is 20.9 Å². The molecular formula is C18H20FN4O4S+. The largest absolute Gasteiger partial charge is 0.465 e. The smallest absolute Gasteiger partial charge is 0.358 e. The third-order valence-corrected chi connectivity index (χ3v) is 5.35. The lowest BCUT2D eigenvalue weighted by molar-refractivity contribution is -0.548. The van der Waals surface area contributed by atoms with Gasteiger partial charge in [0.25, 0.3) is 17.8 Å². The number of rotatable bonds is 5. The standard InChI is InChI=1S/C18H20FN4O4S/c1-4-27-13(24)10-28-17-20-15-14(16(25)22(3)18(26)21(15)2)23(17)9-11-5-7-12(19)8-6-11/h5-8,14H,4,9-10H2,1-3H3/q+1. The van der Waals surface area contributed by atoms with Gasteiger partial charge in [0, 0.05) is 14.1 Å². The fourth-order valence-electron chi connectivity index (χ4n) is 2.96. The maximum atomic E-state index is 13.2. The molecule has 3 rings (SSSR count). The number of halogens is 1. The number of hydrogen-bond donors (Lipinski definition) is 0. The Bertz CT molecular complexity index is 884. The molecule has 1 aromatic carbocycles. The highest BCUT2D eigenvalue weighted by atomic mass is 32.2. The van der Waals surface area contributed by atoms with Crippen LogP contribution in [0.1, 0.15) is 12.5 Å². The van der Waals surface area contributed by atoms with Gasteiger partial charge >= 0.3 is 17.2 Å². The van der Waals surface area contributed by atoms with Crippen molar-refractivity contribution < 1.29 is 28.1 Å². The average Bonchev–Trinajstić information content (AvgIpc) is 3.03. The summed E-state index contributed by atoms with van der Waals surface area (Å²) in [4.78, 5) is 43.6. The first-order chi connectivity index (χ1) is 13.3. The van der Waals surface area contributed by atoms with E-state index in [1.165, 1.54) is 24.1 Å².